The van der Waals surface area contributed by atoms with Crippen LogP contribution < -0.4 is 0 Å². The lowest BCUT2D eigenvalue weighted by atomic mass is 10.00. The van der Waals surface area contributed by atoms with E-state index in [9.17, 15) is 37.9 Å². The molecule has 48 heavy (non-hydrogen) atoms. The maximum absolute atomic E-state index is 12.7. The number of aliphatic hydroxyl groups excluding tert-OH is 3. The molecule has 0 bridgehead atoms. The smallest absolute Gasteiger partial charge is 0.306 e. The third-order valence-corrected chi connectivity index (χ3v) is 9.44. The second-order valence-corrected chi connectivity index (χ2v) is 14.8. The van der Waals surface area contributed by atoms with Gasteiger partial charge in [0.05, 0.1) is 6.61 Å². The Morgan fingerprint density at radius 3 is 1.52 bits per heavy atom. The molecule has 0 amide bonds. The Balaban J connectivity index is 2.52. The van der Waals surface area contributed by atoms with Gasteiger partial charge < -0.3 is 34.3 Å². The van der Waals surface area contributed by atoms with Crippen molar-refractivity contribution >= 4 is 22.1 Å². The van der Waals surface area contributed by atoms with Gasteiger partial charge >= 0.3 is 11.9 Å². The molecular weight excluding hydrogens is 644 g/mol. The van der Waals surface area contributed by atoms with Crippen molar-refractivity contribution in [3.63, 3.8) is 0 Å². The first-order valence-electron chi connectivity index (χ1n) is 18.6. The van der Waals surface area contributed by atoms with Gasteiger partial charge in [-0.2, -0.15) is 8.42 Å². The standard InChI is InChI=1S/C35H66O12S/c1-3-5-7-9-11-12-13-14-15-16-18-20-22-24-31(37)46-28(25-44-30(36)23-21-19-17-10-8-6-4-2)26-45-35-34(40)33(39)32(38)29(47-35)27-48(41,42)43/h28-29,32-35,38-40H,3-27H2,1-2H3,(H,41,42,43)/t28-,29-,32-,33?,34?,35+/m1/s1. The molecule has 1 saturated heterocycles. The molecule has 0 radical (unpaired) electrons. The van der Waals surface area contributed by atoms with Crippen LogP contribution in [-0.2, 0) is 38.7 Å². The van der Waals surface area contributed by atoms with Crippen LogP contribution in [0.3, 0.4) is 0 Å². The fraction of sp³-hybridized carbons (Fsp3) is 0.943. The number of hydrogen-bond acceptors (Lipinski definition) is 11. The Morgan fingerprint density at radius 1 is 0.625 bits per heavy atom. The molecule has 1 rings (SSSR count). The number of esters is 2. The predicted molar refractivity (Wildman–Crippen MR) is 183 cm³/mol. The second kappa shape index (κ2) is 27.4. The van der Waals surface area contributed by atoms with Gasteiger partial charge in [-0.3, -0.25) is 14.1 Å². The molecule has 1 aliphatic heterocycles. The van der Waals surface area contributed by atoms with Crippen molar-refractivity contribution in [2.24, 2.45) is 0 Å². The SMILES string of the molecule is CCCCCCCCCCCCCCCC(=O)O[C@H](COC(=O)CCCCCCCCC)CO[C@H]1O[C@H](CS(=O)(=O)O)[C@@H](O)C(O)C1O. The lowest BCUT2D eigenvalue weighted by molar-refractivity contribution is -0.297. The number of rotatable bonds is 30. The number of unbranched alkanes of at least 4 members (excludes halogenated alkanes) is 18. The third-order valence-electron chi connectivity index (χ3n) is 8.69. The summed E-state index contributed by atoms with van der Waals surface area (Å²) < 4.78 is 53.6. The lowest BCUT2D eigenvalue weighted by Gasteiger charge is -2.40. The van der Waals surface area contributed by atoms with Gasteiger partial charge in [0.15, 0.2) is 12.4 Å². The van der Waals surface area contributed by atoms with Crippen LogP contribution in [0.25, 0.3) is 0 Å². The monoisotopic (exact) mass is 710 g/mol. The summed E-state index contributed by atoms with van der Waals surface area (Å²) in [6, 6.07) is 0. The molecule has 13 heteroatoms. The molecule has 6 atom stereocenters. The van der Waals surface area contributed by atoms with Gasteiger partial charge in [0.1, 0.15) is 36.8 Å². The number of aliphatic hydroxyl groups is 3. The van der Waals surface area contributed by atoms with Crippen molar-refractivity contribution in [1.82, 2.24) is 0 Å². The highest BCUT2D eigenvalue weighted by atomic mass is 32.2. The van der Waals surface area contributed by atoms with Gasteiger partial charge in [0, 0.05) is 12.8 Å². The van der Waals surface area contributed by atoms with Crippen LogP contribution in [0.4, 0.5) is 0 Å². The van der Waals surface area contributed by atoms with Crippen LogP contribution in [0.2, 0.25) is 0 Å². The fourth-order valence-corrected chi connectivity index (χ4v) is 6.43. The molecule has 0 aromatic rings. The lowest BCUT2D eigenvalue weighted by Crippen LogP contribution is -2.60. The Kier molecular flexibility index (Phi) is 25.5. The summed E-state index contributed by atoms with van der Waals surface area (Å²) in [6.45, 7) is 3.68. The van der Waals surface area contributed by atoms with Crippen molar-refractivity contribution in [3.05, 3.63) is 0 Å². The van der Waals surface area contributed by atoms with Crippen LogP contribution >= 0.6 is 0 Å². The van der Waals surface area contributed by atoms with E-state index >= 15 is 0 Å². The van der Waals surface area contributed by atoms with Gasteiger partial charge in [-0.1, -0.05) is 129 Å². The summed E-state index contributed by atoms with van der Waals surface area (Å²) in [7, 11) is -4.59. The van der Waals surface area contributed by atoms with Gasteiger partial charge in [-0.25, -0.2) is 0 Å². The normalized spacial score (nSPS) is 22.0. The van der Waals surface area contributed by atoms with Crippen LogP contribution in [0.15, 0.2) is 0 Å². The summed E-state index contributed by atoms with van der Waals surface area (Å²) in [5.41, 5.74) is 0. The molecule has 0 aliphatic carbocycles. The van der Waals surface area contributed by atoms with Crippen LogP contribution in [0.5, 0.6) is 0 Å². The maximum atomic E-state index is 12.7. The Bertz CT molecular complexity index is 931. The van der Waals surface area contributed by atoms with E-state index in [1.165, 1.54) is 77.0 Å². The van der Waals surface area contributed by atoms with E-state index in [0.29, 0.717) is 12.8 Å². The van der Waals surface area contributed by atoms with E-state index in [1.54, 1.807) is 0 Å². The van der Waals surface area contributed by atoms with Crippen molar-refractivity contribution in [2.75, 3.05) is 19.0 Å². The Labute approximate surface area is 289 Å². The van der Waals surface area contributed by atoms with Crippen LogP contribution in [-0.4, -0.2) is 96.0 Å². The van der Waals surface area contributed by atoms with E-state index in [1.807, 2.05) is 0 Å². The zero-order valence-corrected chi connectivity index (χ0v) is 30.4. The summed E-state index contributed by atoms with van der Waals surface area (Å²) in [4.78, 5) is 25.1. The van der Waals surface area contributed by atoms with E-state index in [-0.39, 0.29) is 19.4 Å². The average molecular weight is 711 g/mol. The minimum Gasteiger partial charge on any atom is -0.462 e. The molecule has 1 aliphatic rings. The molecule has 0 aromatic heterocycles. The molecule has 284 valence electrons. The number of hydrogen-bond donors (Lipinski definition) is 4. The van der Waals surface area contributed by atoms with Crippen LogP contribution in [0.1, 0.15) is 155 Å². The van der Waals surface area contributed by atoms with Gasteiger partial charge in [-0.05, 0) is 12.8 Å². The van der Waals surface area contributed by atoms with Crippen LogP contribution in [0, 0.1) is 0 Å². The molecule has 2 unspecified atom stereocenters. The minimum absolute atomic E-state index is 0.171. The highest BCUT2D eigenvalue weighted by Gasteiger charge is 2.46. The number of ether oxygens (including phenoxy) is 4. The van der Waals surface area contributed by atoms with E-state index in [2.05, 4.69) is 13.8 Å². The van der Waals surface area contributed by atoms with Gasteiger partial charge in [0.25, 0.3) is 10.1 Å². The molecule has 4 N–H and O–H groups in total. The fourth-order valence-electron chi connectivity index (χ4n) is 5.73. The zero-order valence-electron chi connectivity index (χ0n) is 29.6. The quantitative estimate of drug-likeness (QED) is 0.0401. The highest BCUT2D eigenvalue weighted by Crippen LogP contribution is 2.24. The zero-order chi connectivity index (χ0) is 35.6. The highest BCUT2D eigenvalue weighted by molar-refractivity contribution is 7.85. The molecule has 0 saturated carbocycles. The molecule has 0 aromatic carbocycles. The second-order valence-electron chi connectivity index (χ2n) is 13.3. The van der Waals surface area contributed by atoms with E-state index < -0.39 is 71.2 Å². The summed E-state index contributed by atoms with van der Waals surface area (Å²) in [5.74, 6) is -1.98. The summed E-state index contributed by atoms with van der Waals surface area (Å²) in [5, 5.41) is 30.6. The number of carbonyl (C=O) groups excluding carboxylic acids is 2. The molecule has 0 spiro atoms. The minimum atomic E-state index is -4.59. The van der Waals surface area contributed by atoms with Gasteiger partial charge in [-0.15, -0.1) is 0 Å². The number of carbonyl (C=O) groups is 2. The summed E-state index contributed by atoms with van der Waals surface area (Å²) in [6.07, 6.45) is 13.3. The van der Waals surface area contributed by atoms with Gasteiger partial charge in [0.2, 0.25) is 0 Å². The first-order chi connectivity index (χ1) is 23.0. The first kappa shape index (κ1) is 44.7. The third kappa shape index (κ3) is 22.4. The van der Waals surface area contributed by atoms with Crippen molar-refractivity contribution in [2.45, 2.75) is 192 Å². The average Bonchev–Trinajstić information content (AvgIpc) is 3.04. The molecular formula is C35H66O12S. The topological polar surface area (TPSA) is 186 Å². The maximum Gasteiger partial charge on any atom is 0.306 e. The van der Waals surface area contributed by atoms with E-state index in [0.717, 1.165) is 38.5 Å². The van der Waals surface area contributed by atoms with Crippen molar-refractivity contribution < 1.29 is 56.8 Å². The molecule has 1 fully saturated rings. The van der Waals surface area contributed by atoms with E-state index in [4.69, 9.17) is 18.9 Å². The molecule has 1 heterocycles. The largest absolute Gasteiger partial charge is 0.462 e. The first-order valence-corrected chi connectivity index (χ1v) is 20.2. The Hall–Kier alpha value is -1.35. The van der Waals surface area contributed by atoms with Crippen molar-refractivity contribution in [3.8, 4) is 0 Å². The molecule has 12 nitrogen and oxygen atoms in total. The van der Waals surface area contributed by atoms with Crippen molar-refractivity contribution in [1.29, 1.82) is 0 Å². The summed E-state index contributed by atoms with van der Waals surface area (Å²) >= 11 is 0. The predicted octanol–water partition coefficient (Wildman–Crippen LogP) is 5.78. The Morgan fingerprint density at radius 2 is 1.06 bits per heavy atom.